The Morgan fingerprint density at radius 1 is 1.02 bits per heavy atom. The van der Waals surface area contributed by atoms with Crippen LogP contribution in [0.2, 0.25) is 0 Å². The topological polar surface area (TPSA) is 96.4 Å². The van der Waals surface area contributed by atoms with E-state index in [9.17, 15) is 14.4 Å². The van der Waals surface area contributed by atoms with Crippen molar-refractivity contribution in [1.82, 2.24) is 19.7 Å². The number of anilines is 1. The molecule has 4 aromatic rings. The van der Waals surface area contributed by atoms with Gasteiger partial charge in [0.05, 0.1) is 17.1 Å². The second kappa shape index (κ2) is 11.3. The number of benzene rings is 3. The predicted molar refractivity (Wildman–Crippen MR) is 175 cm³/mol. The number of carbonyl (C=O) groups is 2. The lowest BCUT2D eigenvalue weighted by atomic mass is 10.0. The Hall–Kier alpha value is -4.64. The van der Waals surface area contributed by atoms with E-state index in [-0.39, 0.29) is 34.3 Å². The van der Waals surface area contributed by atoms with Gasteiger partial charge in [0, 0.05) is 38.9 Å². The summed E-state index contributed by atoms with van der Waals surface area (Å²) >= 11 is 0. The maximum atomic E-state index is 16.3. The molecule has 46 heavy (non-hydrogen) atoms. The highest BCUT2D eigenvalue weighted by Gasteiger charge is 2.35. The van der Waals surface area contributed by atoms with Crippen LogP contribution in [0.3, 0.4) is 0 Å². The lowest BCUT2D eigenvalue weighted by molar-refractivity contribution is 0.0508. The first-order valence-corrected chi connectivity index (χ1v) is 15.8. The van der Waals surface area contributed by atoms with Crippen LogP contribution >= 0.6 is 0 Å². The van der Waals surface area contributed by atoms with Crippen LogP contribution in [0, 0.1) is 5.82 Å². The van der Waals surface area contributed by atoms with E-state index in [1.54, 1.807) is 31.9 Å². The van der Waals surface area contributed by atoms with Crippen molar-refractivity contribution in [1.29, 1.82) is 0 Å². The summed E-state index contributed by atoms with van der Waals surface area (Å²) in [6.07, 6.45) is 2.44. The fourth-order valence-corrected chi connectivity index (χ4v) is 6.71. The smallest absolute Gasteiger partial charge is 0.407 e. The number of aromatic nitrogens is 1. The number of pyridine rings is 1. The molecule has 3 aliphatic rings. The molecule has 0 bridgehead atoms. The highest BCUT2D eigenvalue weighted by Crippen LogP contribution is 2.48. The van der Waals surface area contributed by atoms with Crippen LogP contribution in [0.1, 0.15) is 44.0 Å². The van der Waals surface area contributed by atoms with E-state index in [0.29, 0.717) is 56.1 Å². The summed E-state index contributed by atoms with van der Waals surface area (Å²) in [7, 11) is 2.02. The van der Waals surface area contributed by atoms with E-state index in [1.807, 2.05) is 52.9 Å². The molecule has 0 spiro atoms. The molecule has 2 fully saturated rings. The van der Waals surface area contributed by atoms with Crippen LogP contribution in [0.5, 0.6) is 11.5 Å². The number of fused-ring (bicyclic) bond motifs is 3. The largest absolute Gasteiger partial charge is 0.451 e. The van der Waals surface area contributed by atoms with Gasteiger partial charge in [0.15, 0.2) is 17.3 Å². The molecule has 1 unspecified atom stereocenters. The first kappa shape index (κ1) is 30.0. The summed E-state index contributed by atoms with van der Waals surface area (Å²) in [6, 6.07) is 12.7. The summed E-state index contributed by atoms with van der Waals surface area (Å²) in [4.78, 5) is 46.1. The second-order valence-electron chi connectivity index (χ2n) is 13.5. The van der Waals surface area contributed by atoms with Gasteiger partial charge in [-0.3, -0.25) is 9.59 Å². The molecule has 2 saturated heterocycles. The average molecular weight is 628 g/mol. The third-order valence-electron chi connectivity index (χ3n) is 8.93. The van der Waals surface area contributed by atoms with Crippen molar-refractivity contribution in [2.45, 2.75) is 45.3 Å². The summed E-state index contributed by atoms with van der Waals surface area (Å²) < 4.78 is 30.0. The Morgan fingerprint density at radius 3 is 2.54 bits per heavy atom. The van der Waals surface area contributed by atoms with Gasteiger partial charge in [-0.2, -0.15) is 0 Å². The van der Waals surface area contributed by atoms with E-state index in [1.165, 1.54) is 6.07 Å². The molecule has 7 rings (SSSR count). The lowest BCUT2D eigenvalue weighted by Gasteiger charge is -2.30. The van der Waals surface area contributed by atoms with Crippen molar-refractivity contribution in [3.05, 3.63) is 70.3 Å². The Labute approximate surface area is 266 Å². The minimum atomic E-state index is -0.643. The summed E-state index contributed by atoms with van der Waals surface area (Å²) in [6.45, 7) is 8.79. The molecule has 1 atom stereocenters. The minimum absolute atomic E-state index is 0.000964. The predicted octanol–water partition coefficient (Wildman–Crippen LogP) is 5.27. The van der Waals surface area contributed by atoms with E-state index in [2.05, 4.69) is 10.2 Å². The van der Waals surface area contributed by atoms with Gasteiger partial charge in [-0.05, 0) is 76.2 Å². The van der Waals surface area contributed by atoms with Crippen molar-refractivity contribution in [2.24, 2.45) is 0 Å². The molecule has 1 N–H and O–H groups in total. The van der Waals surface area contributed by atoms with E-state index < -0.39 is 22.9 Å². The van der Waals surface area contributed by atoms with Crippen LogP contribution in [-0.2, 0) is 4.74 Å². The molecule has 1 aromatic heterocycles. The molecular formula is C35H38FN5O5. The van der Waals surface area contributed by atoms with E-state index in [4.69, 9.17) is 9.47 Å². The lowest BCUT2D eigenvalue weighted by Crippen LogP contribution is -2.40. The maximum Gasteiger partial charge on any atom is 0.407 e. The maximum absolute atomic E-state index is 16.3. The van der Waals surface area contributed by atoms with Gasteiger partial charge in [-0.1, -0.05) is 24.3 Å². The van der Waals surface area contributed by atoms with Crippen LogP contribution < -0.4 is 20.4 Å². The molecule has 0 radical (unpaired) electrons. The van der Waals surface area contributed by atoms with Gasteiger partial charge in [0.1, 0.15) is 22.4 Å². The Bertz CT molecular complexity index is 1950. The highest BCUT2D eigenvalue weighted by molar-refractivity contribution is 6.02. The van der Waals surface area contributed by atoms with E-state index in [0.717, 1.165) is 23.7 Å². The molecule has 11 heteroatoms. The third-order valence-corrected chi connectivity index (χ3v) is 8.93. The molecule has 3 aromatic carbocycles. The first-order valence-electron chi connectivity index (χ1n) is 15.8. The van der Waals surface area contributed by atoms with Gasteiger partial charge >= 0.3 is 6.09 Å². The number of nitrogens with zero attached hydrogens (tertiary/aromatic N) is 4. The number of halogens is 1. The fraction of sp³-hybridized carbons (Fsp3) is 0.400. The SMILES string of the molecule is CN1CCCN(C(=O)c2cn3c4c(c(N5CCC(NC(=O)OC(C)(C)C)C5)c(F)cc4c2=O)Oc2cc4ccccc4cc2-3)CC1. The monoisotopic (exact) mass is 627 g/mol. The van der Waals surface area contributed by atoms with Gasteiger partial charge in [-0.25, -0.2) is 9.18 Å². The number of ether oxygens (including phenoxy) is 2. The number of nitrogens with one attached hydrogen (secondary N) is 1. The molecule has 10 nitrogen and oxygen atoms in total. The molecule has 2 amide bonds. The normalized spacial score (nSPS) is 18.3. The van der Waals surface area contributed by atoms with Gasteiger partial charge in [0.2, 0.25) is 5.43 Å². The summed E-state index contributed by atoms with van der Waals surface area (Å²) in [5.41, 5.74) is 0.0978. The molecular weight excluding hydrogens is 589 g/mol. The Balaban J connectivity index is 1.35. The zero-order valence-corrected chi connectivity index (χ0v) is 26.6. The molecule has 3 aliphatic heterocycles. The number of hydrogen-bond acceptors (Lipinski definition) is 7. The van der Waals surface area contributed by atoms with Crippen molar-refractivity contribution in [3.8, 4) is 17.2 Å². The number of alkyl carbamates (subject to hydrolysis) is 1. The first-order chi connectivity index (χ1) is 22.0. The van der Waals surface area contributed by atoms with Crippen molar-refractivity contribution < 1.29 is 23.5 Å². The molecule has 0 saturated carbocycles. The average Bonchev–Trinajstić information content (AvgIpc) is 3.33. The van der Waals surface area contributed by atoms with Crippen LogP contribution in [-0.4, -0.2) is 84.3 Å². The zero-order valence-electron chi connectivity index (χ0n) is 26.6. The standard InChI is InChI=1S/C35H38FN5O5/c1-35(2,3)46-34(44)37-23-10-13-40(19-23)30-26(36)18-24-29-32(30)45-28-17-22-9-6-5-8-21(22)16-27(28)41(29)20-25(31(24)42)33(43)39-12-7-11-38(4)14-15-39/h5-6,8-9,16-18,20,23H,7,10-15,19H2,1-4H3,(H,37,44). The van der Waals surface area contributed by atoms with Crippen molar-refractivity contribution >= 4 is 39.4 Å². The zero-order chi connectivity index (χ0) is 32.3. The number of carbonyl (C=O) groups excluding carboxylic acids is 2. The molecule has 240 valence electrons. The number of likely N-dealkylation sites (N-methyl/N-ethyl adjacent to an activating group) is 1. The quantitative estimate of drug-likeness (QED) is 0.291. The van der Waals surface area contributed by atoms with Gasteiger partial charge < -0.3 is 34.1 Å². The Morgan fingerprint density at radius 2 is 1.78 bits per heavy atom. The highest BCUT2D eigenvalue weighted by atomic mass is 19.1. The second-order valence-corrected chi connectivity index (χ2v) is 13.5. The minimum Gasteiger partial charge on any atom is -0.451 e. The molecule has 0 aliphatic carbocycles. The van der Waals surface area contributed by atoms with Crippen LogP contribution in [0.25, 0.3) is 27.4 Å². The van der Waals surface area contributed by atoms with Crippen LogP contribution in [0.15, 0.2) is 53.5 Å². The van der Waals surface area contributed by atoms with Crippen LogP contribution in [0.4, 0.5) is 14.9 Å². The van der Waals surface area contributed by atoms with Crippen molar-refractivity contribution in [3.63, 3.8) is 0 Å². The van der Waals surface area contributed by atoms with E-state index >= 15 is 4.39 Å². The Kier molecular flexibility index (Phi) is 7.38. The summed E-state index contributed by atoms with van der Waals surface area (Å²) in [5.74, 6) is -0.292. The van der Waals surface area contributed by atoms with Gasteiger partial charge in [0.25, 0.3) is 5.91 Å². The fourth-order valence-electron chi connectivity index (χ4n) is 6.71. The number of rotatable bonds is 3. The number of amides is 2. The molecule has 4 heterocycles. The third kappa shape index (κ3) is 5.42. The summed E-state index contributed by atoms with van der Waals surface area (Å²) in [5, 5.41) is 4.87. The number of hydrogen-bond donors (Lipinski definition) is 1. The van der Waals surface area contributed by atoms with Crippen molar-refractivity contribution in [2.75, 3.05) is 51.2 Å². The van der Waals surface area contributed by atoms with Gasteiger partial charge in [-0.15, -0.1) is 0 Å².